The number of rotatable bonds is 2. The molecule has 0 heterocycles. The first-order valence-corrected chi connectivity index (χ1v) is 4.71. The zero-order chi connectivity index (χ0) is 8.48. The Morgan fingerprint density at radius 1 is 1.17 bits per heavy atom. The molecule has 1 fully saturated rings. The van der Waals surface area contributed by atoms with Crippen molar-refractivity contribution < 1.29 is 0 Å². The van der Waals surface area contributed by atoms with Crippen LogP contribution in [0.15, 0.2) is 0 Å². The monoisotopic (exact) mass is 191 g/mol. The zero-order valence-corrected chi connectivity index (χ0v) is 9.29. The van der Waals surface area contributed by atoms with Gasteiger partial charge in [-0.1, -0.05) is 20.8 Å². The molecule has 0 amide bonds. The molecule has 1 saturated carbocycles. The highest BCUT2D eigenvalue weighted by Gasteiger charge is 2.30. The molecular formula is C10H22ClN. The Morgan fingerprint density at radius 2 is 1.67 bits per heavy atom. The summed E-state index contributed by atoms with van der Waals surface area (Å²) in [6, 6.07) is 0. The second-order valence-corrected chi connectivity index (χ2v) is 5.20. The molecule has 0 aromatic heterocycles. The van der Waals surface area contributed by atoms with Crippen molar-refractivity contribution in [3.8, 4) is 0 Å². The van der Waals surface area contributed by atoms with Crippen LogP contribution >= 0.6 is 12.4 Å². The summed E-state index contributed by atoms with van der Waals surface area (Å²) in [5.41, 5.74) is 6.08. The first-order valence-electron chi connectivity index (χ1n) is 4.71. The van der Waals surface area contributed by atoms with Gasteiger partial charge in [0.25, 0.3) is 0 Å². The van der Waals surface area contributed by atoms with Crippen LogP contribution in [0.5, 0.6) is 0 Å². The minimum atomic E-state index is 0. The maximum Gasteiger partial charge on any atom is -0.00487 e. The Hall–Kier alpha value is 0.250. The number of hydrogen-bond donors (Lipinski definition) is 1. The van der Waals surface area contributed by atoms with Gasteiger partial charge >= 0.3 is 0 Å². The van der Waals surface area contributed by atoms with Crippen molar-refractivity contribution >= 4 is 12.4 Å². The molecule has 0 spiro atoms. The lowest BCUT2D eigenvalue weighted by Gasteiger charge is -2.38. The van der Waals surface area contributed by atoms with E-state index in [1.165, 1.54) is 19.3 Å². The van der Waals surface area contributed by atoms with E-state index in [2.05, 4.69) is 20.8 Å². The van der Waals surface area contributed by atoms with E-state index in [4.69, 9.17) is 5.73 Å². The third kappa shape index (κ3) is 3.77. The van der Waals surface area contributed by atoms with Gasteiger partial charge in [0.15, 0.2) is 0 Å². The fraction of sp³-hybridized carbons (Fsp3) is 1.00. The quantitative estimate of drug-likeness (QED) is 0.714. The first kappa shape index (κ1) is 12.2. The molecule has 1 nitrogen and oxygen atoms in total. The Bertz CT molecular complexity index is 122. The van der Waals surface area contributed by atoms with Crippen LogP contribution in [0.2, 0.25) is 0 Å². The van der Waals surface area contributed by atoms with Gasteiger partial charge in [0, 0.05) is 0 Å². The van der Waals surface area contributed by atoms with Gasteiger partial charge < -0.3 is 5.73 Å². The van der Waals surface area contributed by atoms with E-state index in [1.807, 2.05) is 0 Å². The van der Waals surface area contributed by atoms with Crippen LogP contribution in [-0.2, 0) is 0 Å². The molecule has 1 rings (SSSR count). The SMILES string of the molecule is CC(C)(C)CC1CC(CN)C1.Cl. The standard InChI is InChI=1S/C10H21N.ClH/c1-10(2,3)6-8-4-9(5-8)7-11;/h8-9H,4-7,11H2,1-3H3;1H. The fourth-order valence-electron chi connectivity index (χ4n) is 2.10. The number of nitrogens with two attached hydrogens (primary N) is 1. The van der Waals surface area contributed by atoms with Crippen molar-refractivity contribution in [2.24, 2.45) is 23.0 Å². The second-order valence-electron chi connectivity index (χ2n) is 5.20. The van der Waals surface area contributed by atoms with Crippen LogP contribution in [0, 0.1) is 17.3 Å². The first-order chi connectivity index (χ1) is 5.01. The van der Waals surface area contributed by atoms with Crippen molar-refractivity contribution in [1.82, 2.24) is 0 Å². The van der Waals surface area contributed by atoms with Crippen LogP contribution in [0.3, 0.4) is 0 Å². The van der Waals surface area contributed by atoms with Crippen molar-refractivity contribution in [3.63, 3.8) is 0 Å². The molecule has 74 valence electrons. The average molecular weight is 192 g/mol. The van der Waals surface area contributed by atoms with Crippen molar-refractivity contribution in [3.05, 3.63) is 0 Å². The van der Waals surface area contributed by atoms with Gasteiger partial charge in [-0.3, -0.25) is 0 Å². The summed E-state index contributed by atoms with van der Waals surface area (Å²) in [5.74, 6) is 1.82. The predicted molar refractivity (Wildman–Crippen MR) is 56.6 cm³/mol. The van der Waals surface area contributed by atoms with Crippen molar-refractivity contribution in [2.45, 2.75) is 40.0 Å². The predicted octanol–water partition coefficient (Wildman–Crippen LogP) is 2.83. The normalized spacial score (nSPS) is 29.0. The summed E-state index contributed by atoms with van der Waals surface area (Å²) in [5, 5.41) is 0. The van der Waals surface area contributed by atoms with Gasteiger partial charge in [0.05, 0.1) is 0 Å². The molecule has 0 radical (unpaired) electrons. The summed E-state index contributed by atoms with van der Waals surface area (Å²) in [6.07, 6.45) is 4.14. The Balaban J connectivity index is 0.00000121. The Kier molecular flexibility index (Phi) is 4.57. The molecule has 12 heavy (non-hydrogen) atoms. The van der Waals surface area contributed by atoms with Gasteiger partial charge in [-0.25, -0.2) is 0 Å². The van der Waals surface area contributed by atoms with E-state index in [0.717, 1.165) is 18.4 Å². The van der Waals surface area contributed by atoms with Gasteiger partial charge in [0.2, 0.25) is 0 Å². The smallest absolute Gasteiger partial charge is 0.00487 e. The highest BCUT2D eigenvalue weighted by molar-refractivity contribution is 5.85. The van der Waals surface area contributed by atoms with E-state index < -0.39 is 0 Å². The maximum absolute atomic E-state index is 5.56. The lowest BCUT2D eigenvalue weighted by atomic mass is 9.68. The minimum absolute atomic E-state index is 0. The lowest BCUT2D eigenvalue weighted by molar-refractivity contribution is 0.140. The highest BCUT2D eigenvalue weighted by Crippen LogP contribution is 2.40. The molecule has 2 N–H and O–H groups in total. The molecular weight excluding hydrogens is 170 g/mol. The molecule has 0 bridgehead atoms. The van der Waals surface area contributed by atoms with E-state index in [9.17, 15) is 0 Å². The summed E-state index contributed by atoms with van der Waals surface area (Å²) in [6.45, 7) is 7.87. The second kappa shape index (κ2) is 4.48. The van der Waals surface area contributed by atoms with Crippen LogP contribution in [-0.4, -0.2) is 6.54 Å². The topological polar surface area (TPSA) is 26.0 Å². The summed E-state index contributed by atoms with van der Waals surface area (Å²) in [7, 11) is 0. The zero-order valence-electron chi connectivity index (χ0n) is 8.47. The van der Waals surface area contributed by atoms with Crippen LogP contribution in [0.4, 0.5) is 0 Å². The van der Waals surface area contributed by atoms with Crippen molar-refractivity contribution in [2.75, 3.05) is 6.54 Å². The lowest BCUT2D eigenvalue weighted by Crippen LogP contribution is -2.32. The van der Waals surface area contributed by atoms with Gasteiger partial charge in [-0.2, -0.15) is 0 Å². The van der Waals surface area contributed by atoms with Crippen LogP contribution in [0.25, 0.3) is 0 Å². The molecule has 2 heteroatoms. The molecule has 0 unspecified atom stereocenters. The summed E-state index contributed by atoms with van der Waals surface area (Å²) < 4.78 is 0. The molecule has 0 saturated heterocycles. The maximum atomic E-state index is 5.56. The molecule has 0 aromatic rings. The third-order valence-electron chi connectivity index (χ3n) is 2.57. The van der Waals surface area contributed by atoms with Gasteiger partial charge in [-0.15, -0.1) is 12.4 Å². The van der Waals surface area contributed by atoms with E-state index in [0.29, 0.717) is 5.41 Å². The van der Waals surface area contributed by atoms with E-state index >= 15 is 0 Å². The molecule has 1 aliphatic carbocycles. The molecule has 0 aromatic carbocycles. The summed E-state index contributed by atoms with van der Waals surface area (Å²) in [4.78, 5) is 0. The van der Waals surface area contributed by atoms with Gasteiger partial charge in [-0.05, 0) is 43.1 Å². The molecule has 0 atom stereocenters. The highest BCUT2D eigenvalue weighted by atomic mass is 35.5. The van der Waals surface area contributed by atoms with E-state index in [-0.39, 0.29) is 12.4 Å². The number of hydrogen-bond acceptors (Lipinski definition) is 1. The molecule has 0 aliphatic heterocycles. The average Bonchev–Trinajstić information content (AvgIpc) is 1.75. The third-order valence-corrected chi connectivity index (χ3v) is 2.57. The van der Waals surface area contributed by atoms with Gasteiger partial charge in [0.1, 0.15) is 0 Å². The van der Waals surface area contributed by atoms with E-state index in [1.54, 1.807) is 0 Å². The largest absolute Gasteiger partial charge is 0.330 e. The number of halogens is 1. The fourth-order valence-corrected chi connectivity index (χ4v) is 2.10. The Labute approximate surface area is 82.5 Å². The van der Waals surface area contributed by atoms with Crippen LogP contribution < -0.4 is 5.73 Å². The molecule has 1 aliphatic rings. The minimum Gasteiger partial charge on any atom is -0.330 e. The van der Waals surface area contributed by atoms with Crippen molar-refractivity contribution in [1.29, 1.82) is 0 Å². The van der Waals surface area contributed by atoms with Crippen LogP contribution in [0.1, 0.15) is 40.0 Å². The Morgan fingerprint density at radius 3 is 2.00 bits per heavy atom. The summed E-state index contributed by atoms with van der Waals surface area (Å²) >= 11 is 0.